The summed E-state index contributed by atoms with van der Waals surface area (Å²) >= 11 is 0. The lowest BCUT2D eigenvalue weighted by molar-refractivity contribution is -0.122. The molecule has 1 aromatic carbocycles. The molecular weight excluding hydrogens is 278 g/mol. The van der Waals surface area contributed by atoms with E-state index >= 15 is 0 Å². The van der Waals surface area contributed by atoms with Crippen molar-refractivity contribution in [3.8, 4) is 0 Å². The maximum atomic E-state index is 12.1. The normalized spacial score (nSPS) is 12.9. The number of hydrogen-bond donors (Lipinski definition) is 3. The van der Waals surface area contributed by atoms with Gasteiger partial charge in [-0.25, -0.2) is 8.42 Å². The number of benzene rings is 1. The van der Waals surface area contributed by atoms with E-state index in [-0.39, 0.29) is 10.8 Å². The van der Waals surface area contributed by atoms with E-state index in [1.165, 1.54) is 19.1 Å². The maximum Gasteiger partial charge on any atom is 0.241 e. The molecule has 1 rings (SSSR count). The zero-order chi connectivity index (χ0) is 15.2. The van der Waals surface area contributed by atoms with Gasteiger partial charge in [0.15, 0.2) is 0 Å². The lowest BCUT2D eigenvalue weighted by atomic mass is 10.2. The van der Waals surface area contributed by atoms with Gasteiger partial charge in [0.2, 0.25) is 15.9 Å². The molecule has 0 spiro atoms. The highest BCUT2D eigenvalue weighted by atomic mass is 32.2. The van der Waals surface area contributed by atoms with Crippen molar-refractivity contribution < 1.29 is 13.2 Å². The van der Waals surface area contributed by atoms with E-state index in [0.717, 1.165) is 12.0 Å². The van der Waals surface area contributed by atoms with Gasteiger partial charge in [-0.2, -0.15) is 4.72 Å². The first kappa shape index (κ1) is 16.6. The van der Waals surface area contributed by atoms with Crippen LogP contribution in [0.15, 0.2) is 29.2 Å². The van der Waals surface area contributed by atoms with Crippen molar-refractivity contribution in [3.63, 3.8) is 0 Å². The number of amides is 1. The van der Waals surface area contributed by atoms with Crippen LogP contribution in [0, 0.1) is 0 Å². The second-order valence-corrected chi connectivity index (χ2v) is 6.20. The maximum absolute atomic E-state index is 12.1. The number of sulfonamides is 1. The Morgan fingerprint density at radius 1 is 1.30 bits per heavy atom. The molecule has 7 heteroatoms. The summed E-state index contributed by atoms with van der Waals surface area (Å²) in [7, 11) is -3.71. The SMILES string of the molecule is CCCNC(=O)C(C)NS(=O)(=O)c1ccc(CN)cc1. The fraction of sp³-hybridized carbons (Fsp3) is 0.462. The van der Waals surface area contributed by atoms with E-state index in [9.17, 15) is 13.2 Å². The Labute approximate surface area is 119 Å². The summed E-state index contributed by atoms with van der Waals surface area (Å²) in [6.45, 7) is 4.31. The highest BCUT2D eigenvalue weighted by Gasteiger charge is 2.21. The van der Waals surface area contributed by atoms with Crippen LogP contribution in [0.5, 0.6) is 0 Å². The number of hydrogen-bond acceptors (Lipinski definition) is 4. The molecule has 0 saturated heterocycles. The van der Waals surface area contributed by atoms with Crippen LogP contribution in [0.1, 0.15) is 25.8 Å². The van der Waals surface area contributed by atoms with E-state index in [1.54, 1.807) is 12.1 Å². The van der Waals surface area contributed by atoms with E-state index < -0.39 is 16.1 Å². The molecule has 0 aliphatic rings. The minimum Gasteiger partial charge on any atom is -0.355 e. The number of carbonyl (C=O) groups excluding carboxylic acids is 1. The highest BCUT2D eigenvalue weighted by Crippen LogP contribution is 2.10. The van der Waals surface area contributed by atoms with Gasteiger partial charge in [-0.1, -0.05) is 19.1 Å². The van der Waals surface area contributed by atoms with E-state index in [0.29, 0.717) is 13.1 Å². The molecule has 0 saturated carbocycles. The fourth-order valence-corrected chi connectivity index (χ4v) is 2.76. The molecule has 0 aliphatic heterocycles. The Hall–Kier alpha value is -1.44. The second kappa shape index (κ2) is 7.37. The van der Waals surface area contributed by atoms with Crippen LogP contribution < -0.4 is 15.8 Å². The van der Waals surface area contributed by atoms with Crippen LogP contribution in [0.2, 0.25) is 0 Å². The van der Waals surface area contributed by atoms with Gasteiger partial charge in [-0.15, -0.1) is 0 Å². The van der Waals surface area contributed by atoms with Crippen LogP contribution in [-0.4, -0.2) is 26.9 Å². The van der Waals surface area contributed by atoms with E-state index in [1.807, 2.05) is 6.92 Å². The number of rotatable bonds is 7. The molecule has 0 bridgehead atoms. The molecule has 0 heterocycles. The summed E-state index contributed by atoms with van der Waals surface area (Å²) in [4.78, 5) is 11.8. The Bertz CT molecular complexity index is 540. The molecule has 1 aromatic rings. The van der Waals surface area contributed by atoms with Crippen molar-refractivity contribution in [3.05, 3.63) is 29.8 Å². The summed E-state index contributed by atoms with van der Waals surface area (Å²) in [5.41, 5.74) is 6.30. The Balaban J connectivity index is 2.75. The van der Waals surface area contributed by atoms with Crippen LogP contribution in [-0.2, 0) is 21.4 Å². The molecule has 0 aliphatic carbocycles. The van der Waals surface area contributed by atoms with Gasteiger partial charge in [0.25, 0.3) is 0 Å². The molecule has 1 unspecified atom stereocenters. The second-order valence-electron chi connectivity index (χ2n) is 4.48. The summed E-state index contributed by atoms with van der Waals surface area (Å²) in [6, 6.07) is 5.43. The fourth-order valence-electron chi connectivity index (χ4n) is 1.56. The highest BCUT2D eigenvalue weighted by molar-refractivity contribution is 7.89. The first-order valence-electron chi connectivity index (χ1n) is 6.49. The molecule has 0 fully saturated rings. The minimum atomic E-state index is -3.71. The van der Waals surface area contributed by atoms with Gasteiger partial charge in [-0.3, -0.25) is 4.79 Å². The van der Waals surface area contributed by atoms with Crippen molar-refractivity contribution >= 4 is 15.9 Å². The van der Waals surface area contributed by atoms with Crippen molar-refractivity contribution in [2.24, 2.45) is 5.73 Å². The predicted molar refractivity (Wildman–Crippen MR) is 77.4 cm³/mol. The van der Waals surface area contributed by atoms with Crippen molar-refractivity contribution in [2.75, 3.05) is 6.54 Å². The van der Waals surface area contributed by atoms with Crippen molar-refractivity contribution in [2.45, 2.75) is 37.8 Å². The lowest BCUT2D eigenvalue weighted by Crippen LogP contribution is -2.44. The quantitative estimate of drug-likeness (QED) is 0.675. The predicted octanol–water partition coefficient (Wildman–Crippen LogP) is 0.338. The minimum absolute atomic E-state index is 0.116. The van der Waals surface area contributed by atoms with Gasteiger partial charge in [0.05, 0.1) is 10.9 Å². The first-order valence-corrected chi connectivity index (χ1v) is 7.98. The third kappa shape index (κ3) is 4.59. The summed E-state index contributed by atoms with van der Waals surface area (Å²) in [6.07, 6.45) is 0.797. The molecule has 20 heavy (non-hydrogen) atoms. The van der Waals surface area contributed by atoms with Crippen LogP contribution in [0.25, 0.3) is 0 Å². The molecule has 1 amide bonds. The third-order valence-electron chi connectivity index (χ3n) is 2.74. The zero-order valence-corrected chi connectivity index (χ0v) is 12.5. The molecule has 1 atom stereocenters. The van der Waals surface area contributed by atoms with E-state index in [4.69, 9.17) is 5.73 Å². The standard InChI is InChI=1S/C13H21N3O3S/c1-3-8-15-13(17)10(2)16-20(18,19)12-6-4-11(9-14)5-7-12/h4-7,10,16H,3,8-9,14H2,1-2H3,(H,15,17). The smallest absolute Gasteiger partial charge is 0.241 e. The van der Waals surface area contributed by atoms with Crippen LogP contribution in [0.4, 0.5) is 0 Å². The molecule has 4 N–H and O–H groups in total. The van der Waals surface area contributed by atoms with Crippen LogP contribution >= 0.6 is 0 Å². The van der Waals surface area contributed by atoms with Gasteiger partial charge in [0.1, 0.15) is 0 Å². The largest absolute Gasteiger partial charge is 0.355 e. The van der Waals surface area contributed by atoms with Crippen molar-refractivity contribution in [1.29, 1.82) is 0 Å². The molecule has 0 radical (unpaired) electrons. The first-order chi connectivity index (χ1) is 9.40. The molecule has 0 aromatic heterocycles. The zero-order valence-electron chi connectivity index (χ0n) is 11.7. The number of carbonyl (C=O) groups is 1. The third-order valence-corrected chi connectivity index (χ3v) is 4.30. The van der Waals surface area contributed by atoms with E-state index in [2.05, 4.69) is 10.0 Å². The van der Waals surface area contributed by atoms with Gasteiger partial charge >= 0.3 is 0 Å². The number of nitrogens with one attached hydrogen (secondary N) is 2. The van der Waals surface area contributed by atoms with Gasteiger partial charge in [0, 0.05) is 13.1 Å². The van der Waals surface area contributed by atoms with Gasteiger partial charge < -0.3 is 11.1 Å². The number of nitrogens with two attached hydrogens (primary N) is 1. The Morgan fingerprint density at radius 2 is 1.90 bits per heavy atom. The van der Waals surface area contributed by atoms with Crippen LogP contribution in [0.3, 0.4) is 0 Å². The Morgan fingerprint density at radius 3 is 2.40 bits per heavy atom. The average Bonchev–Trinajstić information content (AvgIpc) is 2.44. The average molecular weight is 299 g/mol. The summed E-state index contributed by atoms with van der Waals surface area (Å²) < 4.78 is 26.5. The molecular formula is C13H21N3O3S. The summed E-state index contributed by atoms with van der Waals surface area (Å²) in [5.74, 6) is -0.339. The topological polar surface area (TPSA) is 101 Å². The molecule has 6 nitrogen and oxygen atoms in total. The monoisotopic (exact) mass is 299 g/mol. The van der Waals surface area contributed by atoms with Crippen molar-refractivity contribution in [1.82, 2.24) is 10.0 Å². The molecule has 112 valence electrons. The van der Waals surface area contributed by atoms with Gasteiger partial charge in [-0.05, 0) is 31.0 Å². The lowest BCUT2D eigenvalue weighted by Gasteiger charge is -2.14. The Kier molecular flexibility index (Phi) is 6.12. The summed E-state index contributed by atoms with van der Waals surface area (Å²) in [5, 5.41) is 2.64.